The lowest BCUT2D eigenvalue weighted by Gasteiger charge is -2.12. The van der Waals surface area contributed by atoms with Crippen LogP contribution in [0.2, 0.25) is 0 Å². The molecule has 0 spiro atoms. The van der Waals surface area contributed by atoms with Crippen LogP contribution in [0.15, 0.2) is 24.3 Å². The first kappa shape index (κ1) is 14.0. The fourth-order valence-corrected chi connectivity index (χ4v) is 1.60. The Labute approximate surface area is 112 Å². The highest BCUT2D eigenvalue weighted by Crippen LogP contribution is 2.31. The van der Waals surface area contributed by atoms with Crippen LogP contribution in [-0.4, -0.2) is 7.11 Å². The third kappa shape index (κ3) is 2.61. The fourth-order valence-electron chi connectivity index (χ4n) is 1.60. The number of methoxy groups -OCH3 is 1. The van der Waals surface area contributed by atoms with Crippen LogP contribution in [0.25, 0.3) is 0 Å². The molecular weight excluding hydrogens is 276 g/mol. The van der Waals surface area contributed by atoms with E-state index in [9.17, 15) is 17.6 Å². The molecule has 0 bridgehead atoms. The average Bonchev–Trinajstić information content (AvgIpc) is 2.38. The molecule has 106 valence electrons. The van der Waals surface area contributed by atoms with Crippen molar-refractivity contribution in [1.29, 1.82) is 0 Å². The van der Waals surface area contributed by atoms with Gasteiger partial charge in [0.15, 0.2) is 23.2 Å². The van der Waals surface area contributed by atoms with E-state index in [0.717, 1.165) is 6.07 Å². The van der Waals surface area contributed by atoms with E-state index in [1.165, 1.54) is 13.2 Å². The van der Waals surface area contributed by atoms with Crippen LogP contribution < -0.4 is 15.8 Å². The van der Waals surface area contributed by atoms with E-state index < -0.39 is 23.3 Å². The summed E-state index contributed by atoms with van der Waals surface area (Å²) in [5.41, 5.74) is 5.30. The Kier molecular flexibility index (Phi) is 3.69. The van der Waals surface area contributed by atoms with E-state index >= 15 is 0 Å². The summed E-state index contributed by atoms with van der Waals surface area (Å²) in [7, 11) is 1.25. The molecule has 7 heteroatoms. The first-order valence-electron chi connectivity index (χ1n) is 5.47. The zero-order valence-corrected chi connectivity index (χ0v) is 10.3. The molecule has 0 aliphatic carbocycles. The molecule has 0 unspecified atom stereocenters. The van der Waals surface area contributed by atoms with Crippen molar-refractivity contribution in [1.82, 2.24) is 0 Å². The molecule has 20 heavy (non-hydrogen) atoms. The standard InChI is InChI=1S/C13H10F4N2O/c1-20-13-5-12(10(18)3-9(13)17)19-11-4-7(15)6(14)2-8(11)16/h2-5,19H,18H2,1H3. The van der Waals surface area contributed by atoms with E-state index in [4.69, 9.17) is 10.5 Å². The molecule has 2 rings (SSSR count). The van der Waals surface area contributed by atoms with Gasteiger partial charge in [0.25, 0.3) is 0 Å². The number of nitrogens with one attached hydrogen (secondary N) is 1. The SMILES string of the molecule is COc1cc(Nc2cc(F)c(F)cc2F)c(N)cc1F. The molecule has 0 saturated carbocycles. The lowest BCUT2D eigenvalue weighted by atomic mass is 10.2. The topological polar surface area (TPSA) is 47.3 Å². The molecule has 2 aromatic rings. The summed E-state index contributed by atoms with van der Waals surface area (Å²) in [5, 5.41) is 2.46. The third-order valence-electron chi connectivity index (χ3n) is 2.60. The predicted octanol–water partition coefficient (Wildman–Crippen LogP) is 3.58. The summed E-state index contributed by atoms with van der Waals surface area (Å²) < 4.78 is 57.5. The quantitative estimate of drug-likeness (QED) is 0.515. The maximum atomic E-state index is 13.5. The van der Waals surface area contributed by atoms with Crippen molar-refractivity contribution in [3.8, 4) is 5.75 Å². The Morgan fingerprint density at radius 2 is 1.50 bits per heavy atom. The summed E-state index contributed by atoms with van der Waals surface area (Å²) in [4.78, 5) is 0. The summed E-state index contributed by atoms with van der Waals surface area (Å²) in [6.07, 6.45) is 0. The number of benzene rings is 2. The molecule has 3 nitrogen and oxygen atoms in total. The Balaban J connectivity index is 2.42. The van der Waals surface area contributed by atoms with Crippen LogP contribution in [0, 0.1) is 23.3 Å². The first-order valence-corrected chi connectivity index (χ1v) is 5.47. The summed E-state index contributed by atoms with van der Waals surface area (Å²) in [6.45, 7) is 0. The second-order valence-corrected chi connectivity index (χ2v) is 3.95. The molecule has 0 aromatic heterocycles. The van der Waals surface area contributed by atoms with Crippen molar-refractivity contribution >= 4 is 17.1 Å². The Hall–Kier alpha value is -2.44. The lowest BCUT2D eigenvalue weighted by Crippen LogP contribution is -2.02. The van der Waals surface area contributed by atoms with Crippen LogP contribution in [0.3, 0.4) is 0 Å². The zero-order chi connectivity index (χ0) is 14.9. The highest BCUT2D eigenvalue weighted by molar-refractivity contribution is 5.74. The maximum Gasteiger partial charge on any atom is 0.167 e. The molecule has 0 aliphatic heterocycles. The number of halogens is 4. The minimum absolute atomic E-state index is 0.0348. The van der Waals surface area contributed by atoms with Gasteiger partial charge in [-0.1, -0.05) is 0 Å². The molecule has 0 fully saturated rings. The summed E-state index contributed by atoms with van der Waals surface area (Å²) in [6, 6.07) is 3.19. The van der Waals surface area contributed by atoms with Crippen molar-refractivity contribution in [2.75, 3.05) is 18.2 Å². The molecule has 0 heterocycles. The first-order chi connectivity index (χ1) is 9.42. The Morgan fingerprint density at radius 3 is 2.15 bits per heavy atom. The normalized spacial score (nSPS) is 10.4. The number of anilines is 3. The average molecular weight is 286 g/mol. The molecule has 0 radical (unpaired) electrons. The summed E-state index contributed by atoms with van der Waals surface area (Å²) in [5.74, 6) is -4.35. The van der Waals surface area contributed by atoms with Gasteiger partial charge in [-0.25, -0.2) is 17.6 Å². The second kappa shape index (κ2) is 5.28. The molecule has 3 N–H and O–H groups in total. The monoisotopic (exact) mass is 286 g/mol. The van der Waals surface area contributed by atoms with Crippen molar-refractivity contribution in [2.24, 2.45) is 0 Å². The summed E-state index contributed by atoms with van der Waals surface area (Å²) >= 11 is 0. The Bertz CT molecular complexity index is 661. The minimum atomic E-state index is -1.31. The van der Waals surface area contributed by atoms with Crippen molar-refractivity contribution in [3.05, 3.63) is 47.5 Å². The van der Waals surface area contributed by atoms with E-state index in [2.05, 4.69) is 5.32 Å². The zero-order valence-electron chi connectivity index (χ0n) is 10.3. The largest absolute Gasteiger partial charge is 0.494 e. The van der Waals surface area contributed by atoms with Gasteiger partial charge in [0, 0.05) is 24.3 Å². The van der Waals surface area contributed by atoms with Crippen LogP contribution in [0.1, 0.15) is 0 Å². The smallest absolute Gasteiger partial charge is 0.167 e. The van der Waals surface area contributed by atoms with E-state index in [-0.39, 0.29) is 22.8 Å². The lowest BCUT2D eigenvalue weighted by molar-refractivity contribution is 0.387. The minimum Gasteiger partial charge on any atom is -0.494 e. The number of nitrogens with two attached hydrogens (primary N) is 1. The second-order valence-electron chi connectivity index (χ2n) is 3.95. The number of hydrogen-bond acceptors (Lipinski definition) is 3. The molecule has 0 saturated heterocycles. The Morgan fingerprint density at radius 1 is 0.850 bits per heavy atom. The van der Waals surface area contributed by atoms with Gasteiger partial charge in [-0.05, 0) is 0 Å². The van der Waals surface area contributed by atoms with Gasteiger partial charge in [-0.15, -0.1) is 0 Å². The number of nitrogen functional groups attached to an aromatic ring is 1. The van der Waals surface area contributed by atoms with E-state index in [1.807, 2.05) is 0 Å². The number of rotatable bonds is 3. The van der Waals surface area contributed by atoms with E-state index in [0.29, 0.717) is 12.1 Å². The maximum absolute atomic E-state index is 13.5. The van der Waals surface area contributed by atoms with Gasteiger partial charge in [-0.2, -0.15) is 0 Å². The van der Waals surface area contributed by atoms with Crippen LogP contribution in [-0.2, 0) is 0 Å². The van der Waals surface area contributed by atoms with Gasteiger partial charge in [0.1, 0.15) is 5.82 Å². The van der Waals surface area contributed by atoms with Crippen molar-refractivity contribution in [2.45, 2.75) is 0 Å². The van der Waals surface area contributed by atoms with Crippen molar-refractivity contribution < 1.29 is 22.3 Å². The van der Waals surface area contributed by atoms with Crippen molar-refractivity contribution in [3.63, 3.8) is 0 Å². The fraction of sp³-hybridized carbons (Fsp3) is 0.0769. The van der Waals surface area contributed by atoms with Gasteiger partial charge >= 0.3 is 0 Å². The molecule has 0 amide bonds. The molecular formula is C13H10F4N2O. The van der Waals surface area contributed by atoms with Gasteiger partial charge < -0.3 is 15.8 Å². The third-order valence-corrected chi connectivity index (χ3v) is 2.60. The van der Waals surface area contributed by atoms with Crippen LogP contribution >= 0.6 is 0 Å². The molecule has 2 aromatic carbocycles. The highest BCUT2D eigenvalue weighted by atomic mass is 19.2. The van der Waals surface area contributed by atoms with Crippen LogP contribution in [0.4, 0.5) is 34.6 Å². The number of hydrogen-bond donors (Lipinski definition) is 2. The predicted molar refractivity (Wildman–Crippen MR) is 67.0 cm³/mol. The van der Waals surface area contributed by atoms with Crippen LogP contribution in [0.5, 0.6) is 5.75 Å². The van der Waals surface area contributed by atoms with Gasteiger partial charge in [-0.3, -0.25) is 0 Å². The van der Waals surface area contributed by atoms with Gasteiger partial charge in [0.2, 0.25) is 0 Å². The van der Waals surface area contributed by atoms with Gasteiger partial charge in [0.05, 0.1) is 24.2 Å². The number of ether oxygens (including phenoxy) is 1. The van der Waals surface area contributed by atoms with E-state index in [1.54, 1.807) is 0 Å². The molecule has 0 atom stereocenters. The molecule has 0 aliphatic rings. The highest BCUT2D eigenvalue weighted by Gasteiger charge is 2.13.